The molecule has 0 aliphatic heterocycles. The van der Waals surface area contributed by atoms with Gasteiger partial charge in [-0.25, -0.2) is 4.21 Å². The first kappa shape index (κ1) is 20.0. The van der Waals surface area contributed by atoms with E-state index in [0.29, 0.717) is 18.3 Å². The molecule has 4 fully saturated rings. The first-order chi connectivity index (χ1) is 11.9. The van der Waals surface area contributed by atoms with Crippen LogP contribution in [0.5, 0.6) is 0 Å². The molecule has 4 aliphatic rings. The van der Waals surface area contributed by atoms with Crippen LogP contribution in [0, 0.1) is 17.3 Å². The Morgan fingerprint density at radius 1 is 1.15 bits per heavy atom. The summed E-state index contributed by atoms with van der Waals surface area (Å²) in [7, 11) is 0. The van der Waals surface area contributed by atoms with Crippen LogP contribution in [0.3, 0.4) is 0 Å². The van der Waals surface area contributed by atoms with E-state index in [1.165, 1.54) is 0 Å². The third kappa shape index (κ3) is 3.64. The van der Waals surface area contributed by atoms with Gasteiger partial charge in [-0.05, 0) is 55.8 Å². The van der Waals surface area contributed by atoms with Gasteiger partial charge in [0, 0.05) is 0 Å². The van der Waals surface area contributed by atoms with E-state index in [2.05, 4.69) is 0 Å². The van der Waals surface area contributed by atoms with Crippen molar-refractivity contribution in [2.24, 2.45) is 17.3 Å². The maximum Gasteiger partial charge on any atom is 0.406 e. The van der Waals surface area contributed by atoms with Crippen LogP contribution in [0.15, 0.2) is 0 Å². The Morgan fingerprint density at radius 2 is 1.73 bits per heavy atom. The number of ether oxygens (including phenoxy) is 1. The first-order valence-electron chi connectivity index (χ1n) is 8.61. The van der Waals surface area contributed by atoms with Crippen molar-refractivity contribution in [1.82, 2.24) is 0 Å². The van der Waals surface area contributed by atoms with E-state index in [9.17, 15) is 31.7 Å². The lowest BCUT2D eigenvalue weighted by atomic mass is 9.47. The Kier molecular flexibility index (Phi) is 4.93. The predicted molar refractivity (Wildman–Crippen MR) is 82.9 cm³/mol. The van der Waals surface area contributed by atoms with E-state index in [4.69, 9.17) is 9.29 Å². The van der Waals surface area contributed by atoms with Gasteiger partial charge in [-0.2, -0.15) is 17.6 Å². The standard InChI is InChI=1S/C16H22F4O5S/c17-15(18,16(19,20)26(23)24)1-2-25-12(21)8-13-4-10-3-11(5-13)7-14(22,6-10)9-13/h10-11,22H,1-9H2,(H,23,24). The molecular weight excluding hydrogens is 380 g/mol. The number of alkyl halides is 4. The molecule has 0 radical (unpaired) electrons. The van der Waals surface area contributed by atoms with Gasteiger partial charge in [0.05, 0.1) is 25.0 Å². The summed E-state index contributed by atoms with van der Waals surface area (Å²) >= 11 is -4.03. The van der Waals surface area contributed by atoms with Crippen LogP contribution < -0.4 is 0 Å². The molecule has 26 heavy (non-hydrogen) atoms. The quantitative estimate of drug-likeness (QED) is 0.388. The summed E-state index contributed by atoms with van der Waals surface area (Å²) in [5, 5.41) is 5.51. The van der Waals surface area contributed by atoms with Gasteiger partial charge in [0.15, 0.2) is 0 Å². The molecule has 4 saturated carbocycles. The highest BCUT2D eigenvalue weighted by Crippen LogP contribution is 2.62. The number of esters is 1. The zero-order valence-electron chi connectivity index (χ0n) is 14.1. The molecule has 0 aromatic carbocycles. The maximum absolute atomic E-state index is 13.3. The minimum atomic E-state index is -5.11. The van der Waals surface area contributed by atoms with E-state index in [0.717, 1.165) is 32.1 Å². The van der Waals surface area contributed by atoms with Gasteiger partial charge in [-0.3, -0.25) is 4.79 Å². The fourth-order valence-corrected chi connectivity index (χ4v) is 5.89. The molecule has 4 aliphatic carbocycles. The molecule has 0 saturated heterocycles. The van der Waals surface area contributed by atoms with Crippen molar-refractivity contribution < 1.29 is 41.0 Å². The Hall–Kier alpha value is -0.740. The molecule has 150 valence electrons. The van der Waals surface area contributed by atoms with E-state index in [1.54, 1.807) is 0 Å². The minimum Gasteiger partial charge on any atom is -0.465 e. The fourth-order valence-electron chi connectivity index (χ4n) is 5.53. The second-order valence-electron chi connectivity index (χ2n) is 8.30. The number of carbonyl (C=O) groups is 1. The first-order valence-corrected chi connectivity index (χ1v) is 9.72. The van der Waals surface area contributed by atoms with Crippen LogP contribution >= 0.6 is 0 Å². The predicted octanol–water partition coefficient (Wildman–Crippen LogP) is 3.09. The van der Waals surface area contributed by atoms with Crippen LogP contribution in [0.25, 0.3) is 0 Å². The molecule has 2 N–H and O–H groups in total. The van der Waals surface area contributed by atoms with Crippen molar-refractivity contribution in [2.45, 2.75) is 68.1 Å². The summed E-state index contributed by atoms with van der Waals surface area (Å²) in [5.41, 5.74) is -1.18. The number of hydrogen-bond acceptors (Lipinski definition) is 4. The fraction of sp³-hybridized carbons (Fsp3) is 0.938. The van der Waals surface area contributed by atoms with E-state index >= 15 is 0 Å². The van der Waals surface area contributed by atoms with Gasteiger partial charge in [-0.15, -0.1) is 0 Å². The minimum absolute atomic E-state index is 0.0315. The largest absolute Gasteiger partial charge is 0.465 e. The Labute approximate surface area is 150 Å². The summed E-state index contributed by atoms with van der Waals surface area (Å²) in [5.74, 6) is -4.84. The monoisotopic (exact) mass is 402 g/mol. The van der Waals surface area contributed by atoms with Crippen molar-refractivity contribution in [2.75, 3.05) is 6.61 Å². The number of rotatable bonds is 7. The second-order valence-corrected chi connectivity index (χ2v) is 9.31. The van der Waals surface area contributed by atoms with Crippen molar-refractivity contribution in [1.29, 1.82) is 0 Å². The summed E-state index contributed by atoms with van der Waals surface area (Å²) in [6, 6.07) is 0. The Balaban J connectivity index is 1.53. The zero-order valence-corrected chi connectivity index (χ0v) is 14.9. The molecule has 0 aromatic heterocycles. The molecule has 0 heterocycles. The van der Waals surface area contributed by atoms with Crippen LogP contribution in [0.4, 0.5) is 17.6 Å². The molecule has 4 rings (SSSR count). The van der Waals surface area contributed by atoms with Gasteiger partial charge in [0.2, 0.25) is 11.1 Å². The van der Waals surface area contributed by atoms with Crippen LogP contribution in [0.2, 0.25) is 0 Å². The molecule has 0 aromatic rings. The number of aliphatic hydroxyl groups is 1. The smallest absolute Gasteiger partial charge is 0.406 e. The molecular formula is C16H22F4O5S. The van der Waals surface area contributed by atoms with Gasteiger partial charge >= 0.3 is 17.1 Å². The third-order valence-electron chi connectivity index (χ3n) is 5.99. The highest BCUT2D eigenvalue weighted by atomic mass is 32.2. The van der Waals surface area contributed by atoms with Gasteiger partial charge in [-0.1, -0.05) is 0 Å². The lowest BCUT2D eigenvalue weighted by Gasteiger charge is -2.60. The molecule has 10 heteroatoms. The third-order valence-corrected chi connectivity index (χ3v) is 6.73. The summed E-state index contributed by atoms with van der Waals surface area (Å²) in [6.07, 6.45) is 2.92. The van der Waals surface area contributed by atoms with Crippen LogP contribution in [0.1, 0.15) is 51.4 Å². The Morgan fingerprint density at radius 3 is 2.23 bits per heavy atom. The average Bonchev–Trinajstić information content (AvgIpc) is 2.42. The highest BCUT2D eigenvalue weighted by molar-refractivity contribution is 7.80. The van der Waals surface area contributed by atoms with Gasteiger partial charge < -0.3 is 14.4 Å². The number of halogens is 4. The molecule has 5 nitrogen and oxygen atoms in total. The van der Waals surface area contributed by atoms with Crippen LogP contribution in [-0.4, -0.2) is 43.2 Å². The number of hydrogen-bond donors (Lipinski definition) is 2. The van der Waals surface area contributed by atoms with Gasteiger partial charge in [0.1, 0.15) is 0 Å². The molecule has 3 unspecified atom stereocenters. The molecule has 3 atom stereocenters. The lowest BCUT2D eigenvalue weighted by Crippen LogP contribution is -2.56. The zero-order chi connectivity index (χ0) is 19.4. The number of carbonyl (C=O) groups excluding carboxylic acids is 1. The lowest BCUT2D eigenvalue weighted by molar-refractivity contribution is -0.183. The van der Waals surface area contributed by atoms with E-state index in [-0.39, 0.29) is 6.42 Å². The topological polar surface area (TPSA) is 83.8 Å². The van der Waals surface area contributed by atoms with Crippen molar-refractivity contribution in [3.05, 3.63) is 0 Å². The van der Waals surface area contributed by atoms with Crippen LogP contribution in [-0.2, 0) is 20.6 Å². The highest BCUT2D eigenvalue weighted by Gasteiger charge is 2.61. The molecule has 4 bridgehead atoms. The SMILES string of the molecule is O=C(CC12CC3CC(CC(O)(C3)C1)C2)OCCC(F)(F)C(F)(F)S(=O)O. The summed E-state index contributed by atoms with van der Waals surface area (Å²) in [4.78, 5) is 12.1. The Bertz CT molecular complexity index is 597. The van der Waals surface area contributed by atoms with Crippen molar-refractivity contribution in [3.63, 3.8) is 0 Å². The van der Waals surface area contributed by atoms with Crippen molar-refractivity contribution >= 4 is 17.0 Å². The van der Waals surface area contributed by atoms with Gasteiger partial charge in [0.25, 0.3) is 0 Å². The van der Waals surface area contributed by atoms with Crippen molar-refractivity contribution in [3.8, 4) is 0 Å². The van der Waals surface area contributed by atoms with E-state index < -0.39 is 52.3 Å². The molecule has 0 spiro atoms. The maximum atomic E-state index is 13.3. The second kappa shape index (κ2) is 6.41. The summed E-state index contributed by atoms with van der Waals surface area (Å²) < 4.78 is 76.1. The summed E-state index contributed by atoms with van der Waals surface area (Å²) in [6.45, 7) is -0.966. The normalized spacial score (nSPS) is 37.6. The molecule has 0 amide bonds. The average molecular weight is 402 g/mol. The van der Waals surface area contributed by atoms with E-state index in [1.807, 2.05) is 0 Å².